The van der Waals surface area contributed by atoms with E-state index in [2.05, 4.69) is 252 Å². The molecule has 0 fully saturated rings. The summed E-state index contributed by atoms with van der Waals surface area (Å²) in [5.41, 5.74) is 14.3. The molecule has 0 radical (unpaired) electrons. The van der Waals surface area contributed by atoms with Crippen LogP contribution in [0, 0.1) is 0 Å². The van der Waals surface area contributed by atoms with Crippen molar-refractivity contribution in [3.8, 4) is 22.3 Å². The van der Waals surface area contributed by atoms with E-state index in [4.69, 9.17) is 8.83 Å². The molecule has 0 N–H and O–H groups in total. The van der Waals surface area contributed by atoms with Crippen molar-refractivity contribution < 1.29 is 8.83 Å². The number of fused-ring (bicyclic) bond motifs is 14. The fourth-order valence-corrected chi connectivity index (χ4v) is 12.6. The van der Waals surface area contributed by atoms with Crippen LogP contribution in [0.15, 0.2) is 264 Å². The van der Waals surface area contributed by atoms with E-state index in [9.17, 15) is 0 Å². The summed E-state index contributed by atoms with van der Waals surface area (Å²) < 4.78 is 15.9. The molecule has 4 nitrogen and oxygen atoms in total. The smallest absolute Gasteiger partial charge is 0.159 e. The first-order valence-electron chi connectivity index (χ1n) is 24.7. The van der Waals surface area contributed by atoms with E-state index in [-0.39, 0.29) is 0 Å². The molecular weight excluding hydrogens is 909 g/mol. The van der Waals surface area contributed by atoms with Gasteiger partial charge in [-0.05, 0) is 106 Å². The van der Waals surface area contributed by atoms with Crippen molar-refractivity contribution in [2.24, 2.45) is 0 Å². The Morgan fingerprint density at radius 1 is 0.288 bits per heavy atom. The monoisotopic (exact) mass is 950 g/mol. The second-order valence-corrected chi connectivity index (χ2v) is 19.8. The summed E-state index contributed by atoms with van der Waals surface area (Å²) in [5.74, 6) is 0. The SMILES string of the molecule is c1ccc(-c2ccccc2N(c2ccc(-c3ccc4c(c3)c3ccccc3c3c5ccc(N(c6ccccc6)c6cccc7c6oc6ccccc67)cc5sc43)cc2)c2cccc3c2oc2ccccc23)cc1. The fourth-order valence-electron chi connectivity index (χ4n) is 11.3. The Hall–Kier alpha value is -9.42. The number of hydrogen-bond donors (Lipinski definition) is 0. The highest BCUT2D eigenvalue weighted by atomic mass is 32.1. The van der Waals surface area contributed by atoms with Gasteiger partial charge in [0.2, 0.25) is 0 Å². The molecule has 0 aliphatic rings. The molecule has 5 heteroatoms. The zero-order valence-electron chi connectivity index (χ0n) is 39.4. The van der Waals surface area contributed by atoms with Crippen molar-refractivity contribution in [2.45, 2.75) is 0 Å². The van der Waals surface area contributed by atoms with Gasteiger partial charge in [0.15, 0.2) is 11.2 Å². The van der Waals surface area contributed by atoms with Crippen LogP contribution >= 0.6 is 11.3 Å². The van der Waals surface area contributed by atoms with Crippen LogP contribution in [0.4, 0.5) is 34.1 Å². The van der Waals surface area contributed by atoms with Crippen molar-refractivity contribution in [1.29, 1.82) is 0 Å². The van der Waals surface area contributed by atoms with E-state index in [0.717, 1.165) is 94.7 Å². The average molecular weight is 951 g/mol. The predicted molar refractivity (Wildman–Crippen MR) is 309 cm³/mol. The molecule has 12 aromatic carbocycles. The first kappa shape index (κ1) is 41.4. The minimum atomic E-state index is 0.856. The molecular formula is C68H42N2O2S. The zero-order valence-corrected chi connectivity index (χ0v) is 40.2. The van der Waals surface area contributed by atoms with Gasteiger partial charge in [-0.15, -0.1) is 11.3 Å². The highest BCUT2D eigenvalue weighted by Crippen LogP contribution is 2.50. The Morgan fingerprint density at radius 3 is 1.52 bits per heavy atom. The molecule has 0 saturated carbocycles. The van der Waals surface area contributed by atoms with Crippen molar-refractivity contribution in [1.82, 2.24) is 0 Å². The van der Waals surface area contributed by atoms with Crippen LogP contribution in [0.25, 0.3) is 108 Å². The molecule has 3 heterocycles. The van der Waals surface area contributed by atoms with Gasteiger partial charge in [-0.3, -0.25) is 0 Å². The number of rotatable bonds is 8. The molecule has 73 heavy (non-hydrogen) atoms. The summed E-state index contributed by atoms with van der Waals surface area (Å²) >= 11 is 1.88. The topological polar surface area (TPSA) is 32.8 Å². The number of anilines is 6. The molecule has 342 valence electrons. The standard InChI is InChI=1S/C68H42N2O2S/c1-3-17-44(18-4-1)49-21-9-12-28-59(49)70(61-30-16-27-55-52-24-11-14-32-63(52)72-67(55)61)47-36-33-43(34-37-47)45-35-39-56-58(41-45)50-22-7-8-25-53(50)65-57-40-38-48(42-64(57)73-68(56)65)69(46-19-5-2-6-20-46)60-29-15-26-54-51-23-10-13-31-62(51)71-66(54)60/h1-42H. The van der Waals surface area contributed by atoms with Crippen molar-refractivity contribution in [3.63, 3.8) is 0 Å². The lowest BCUT2D eigenvalue weighted by Gasteiger charge is -2.28. The molecule has 0 aliphatic carbocycles. The Morgan fingerprint density at radius 2 is 0.808 bits per heavy atom. The molecule has 15 rings (SSSR count). The Kier molecular flexibility index (Phi) is 9.41. The number of thiophene rings is 1. The van der Waals surface area contributed by atoms with Crippen LogP contribution in [0.1, 0.15) is 0 Å². The van der Waals surface area contributed by atoms with E-state index in [1.165, 1.54) is 47.3 Å². The molecule has 0 atom stereocenters. The molecule has 0 spiro atoms. The Balaban J connectivity index is 0.861. The first-order valence-corrected chi connectivity index (χ1v) is 25.5. The van der Waals surface area contributed by atoms with Gasteiger partial charge >= 0.3 is 0 Å². The minimum Gasteiger partial charge on any atom is -0.454 e. The van der Waals surface area contributed by atoms with E-state index >= 15 is 0 Å². The van der Waals surface area contributed by atoms with Crippen molar-refractivity contribution in [3.05, 3.63) is 255 Å². The third kappa shape index (κ3) is 6.60. The molecule has 0 amide bonds. The Bertz CT molecular complexity index is 4630. The summed E-state index contributed by atoms with van der Waals surface area (Å²) in [7, 11) is 0. The largest absolute Gasteiger partial charge is 0.454 e. The van der Waals surface area contributed by atoms with Gasteiger partial charge in [0.25, 0.3) is 0 Å². The van der Waals surface area contributed by atoms with Gasteiger partial charge in [0.05, 0.1) is 17.1 Å². The second kappa shape index (κ2) is 16.6. The average Bonchev–Trinajstić information content (AvgIpc) is 4.18. The normalized spacial score (nSPS) is 11.8. The number of benzene rings is 12. The van der Waals surface area contributed by atoms with Crippen LogP contribution in [0.5, 0.6) is 0 Å². The first-order chi connectivity index (χ1) is 36.2. The highest BCUT2D eigenvalue weighted by molar-refractivity contribution is 7.27. The maximum absolute atomic E-state index is 6.70. The zero-order chi connectivity index (χ0) is 48.0. The van der Waals surface area contributed by atoms with Gasteiger partial charge < -0.3 is 18.6 Å². The number of furan rings is 2. The predicted octanol–water partition coefficient (Wildman–Crippen LogP) is 20.4. The van der Waals surface area contributed by atoms with E-state index in [1.54, 1.807) is 0 Å². The number of para-hydroxylation sites is 6. The van der Waals surface area contributed by atoms with Crippen molar-refractivity contribution in [2.75, 3.05) is 9.80 Å². The van der Waals surface area contributed by atoms with Gasteiger partial charge in [-0.25, -0.2) is 0 Å². The summed E-state index contributed by atoms with van der Waals surface area (Å²) in [6.07, 6.45) is 0. The highest BCUT2D eigenvalue weighted by Gasteiger charge is 2.24. The van der Waals surface area contributed by atoms with Gasteiger partial charge in [0, 0.05) is 69.7 Å². The maximum atomic E-state index is 6.70. The van der Waals surface area contributed by atoms with Gasteiger partial charge in [0.1, 0.15) is 11.2 Å². The van der Waals surface area contributed by atoms with E-state index < -0.39 is 0 Å². The quantitative estimate of drug-likeness (QED) is 0.142. The van der Waals surface area contributed by atoms with Crippen LogP contribution in [-0.4, -0.2) is 0 Å². The molecule has 3 aromatic heterocycles. The summed E-state index contributed by atoms with van der Waals surface area (Å²) in [4.78, 5) is 4.69. The number of hydrogen-bond acceptors (Lipinski definition) is 5. The van der Waals surface area contributed by atoms with Crippen LogP contribution in [0.3, 0.4) is 0 Å². The van der Waals surface area contributed by atoms with E-state index in [1.807, 2.05) is 23.5 Å². The number of nitrogens with zero attached hydrogens (tertiary/aromatic N) is 2. The minimum absolute atomic E-state index is 0.856. The fraction of sp³-hybridized carbons (Fsp3) is 0. The van der Waals surface area contributed by atoms with E-state index in [0.29, 0.717) is 0 Å². The van der Waals surface area contributed by atoms with Crippen LogP contribution in [0.2, 0.25) is 0 Å². The molecule has 0 aliphatic heterocycles. The molecule has 0 unspecified atom stereocenters. The van der Waals surface area contributed by atoms with Crippen LogP contribution in [-0.2, 0) is 0 Å². The summed E-state index contributed by atoms with van der Waals surface area (Å²) in [6, 6.07) is 91.4. The van der Waals surface area contributed by atoms with Crippen molar-refractivity contribution >= 4 is 131 Å². The molecule has 15 aromatic rings. The second-order valence-electron chi connectivity index (χ2n) is 18.7. The third-order valence-corrected chi connectivity index (χ3v) is 15.8. The lowest BCUT2D eigenvalue weighted by molar-refractivity contribution is 0.668. The Labute approximate surface area is 424 Å². The van der Waals surface area contributed by atoms with Crippen LogP contribution < -0.4 is 9.80 Å². The maximum Gasteiger partial charge on any atom is 0.159 e. The lowest BCUT2D eigenvalue weighted by Crippen LogP contribution is -2.11. The summed E-state index contributed by atoms with van der Waals surface area (Å²) in [5, 5.41) is 12.0. The molecule has 0 saturated heterocycles. The van der Waals surface area contributed by atoms with Gasteiger partial charge in [-0.2, -0.15) is 0 Å². The van der Waals surface area contributed by atoms with Gasteiger partial charge in [-0.1, -0.05) is 182 Å². The summed E-state index contributed by atoms with van der Waals surface area (Å²) in [6.45, 7) is 0. The third-order valence-electron chi connectivity index (χ3n) is 14.6. The molecule has 0 bridgehead atoms. The lowest BCUT2D eigenvalue weighted by atomic mass is 9.94.